The minimum absolute atomic E-state index is 0.0865. The number of unbranched alkanes of at least 4 members (excludes halogenated alkanes) is 1. The lowest BCUT2D eigenvalue weighted by Gasteiger charge is -2.24. The van der Waals surface area contributed by atoms with Gasteiger partial charge in [-0.25, -0.2) is 4.79 Å². The largest absolute Gasteiger partial charge is 0.462 e. The molecule has 0 unspecified atom stereocenters. The lowest BCUT2D eigenvalue weighted by molar-refractivity contribution is -0.139. The SMILES string of the molecule is C=C(C)C(=O)OCCCCc1ccc2c(c1)C(C)(C)c1cc(C(/C=C3\C(=C)c4ccccc4C3(C)C)=C/C)ccc1-2. The van der Waals surface area contributed by atoms with Crippen molar-refractivity contribution in [1.82, 2.24) is 0 Å². The number of carbonyl (C=O) groups is 1. The Bertz CT molecular complexity index is 1620. The van der Waals surface area contributed by atoms with Crippen LogP contribution in [0.4, 0.5) is 0 Å². The van der Waals surface area contributed by atoms with Crippen LogP contribution in [0.5, 0.6) is 0 Å². The van der Waals surface area contributed by atoms with Crippen LogP contribution in [-0.4, -0.2) is 12.6 Å². The molecule has 0 heterocycles. The van der Waals surface area contributed by atoms with Crippen molar-refractivity contribution in [2.75, 3.05) is 6.61 Å². The molecule has 0 saturated heterocycles. The number of esters is 1. The second-order valence-electron chi connectivity index (χ2n) is 12.6. The van der Waals surface area contributed by atoms with Crippen LogP contribution in [0.3, 0.4) is 0 Å². The van der Waals surface area contributed by atoms with Crippen molar-refractivity contribution >= 4 is 17.1 Å². The molecule has 5 rings (SSSR count). The highest BCUT2D eigenvalue weighted by atomic mass is 16.5. The number of carbonyl (C=O) groups excluding carboxylic acids is 1. The third-order valence-corrected chi connectivity index (χ3v) is 9.05. The molecule has 0 spiro atoms. The van der Waals surface area contributed by atoms with Gasteiger partial charge >= 0.3 is 5.97 Å². The van der Waals surface area contributed by atoms with Crippen LogP contribution >= 0.6 is 0 Å². The highest BCUT2D eigenvalue weighted by Gasteiger charge is 2.38. The Balaban J connectivity index is 1.38. The molecule has 0 saturated carbocycles. The minimum atomic E-state index is -0.305. The van der Waals surface area contributed by atoms with E-state index < -0.39 is 0 Å². The van der Waals surface area contributed by atoms with Gasteiger partial charge in [0.05, 0.1) is 6.61 Å². The second-order valence-corrected chi connectivity index (χ2v) is 12.6. The van der Waals surface area contributed by atoms with Gasteiger partial charge < -0.3 is 4.74 Å². The Labute approximate surface area is 246 Å². The number of ether oxygens (including phenoxy) is 1. The van der Waals surface area contributed by atoms with E-state index in [1.165, 1.54) is 55.7 Å². The quantitative estimate of drug-likeness (QED) is 0.161. The molecule has 0 atom stereocenters. The molecule has 2 heteroatoms. The average molecular weight is 543 g/mol. The highest BCUT2D eigenvalue weighted by Crippen LogP contribution is 2.51. The maximum Gasteiger partial charge on any atom is 0.333 e. The molecule has 2 aliphatic carbocycles. The topological polar surface area (TPSA) is 26.3 Å². The molecule has 0 amide bonds. The highest BCUT2D eigenvalue weighted by molar-refractivity contribution is 5.93. The van der Waals surface area contributed by atoms with E-state index in [1.54, 1.807) is 6.92 Å². The zero-order valence-corrected chi connectivity index (χ0v) is 25.5. The number of fused-ring (bicyclic) bond motifs is 4. The third-order valence-electron chi connectivity index (χ3n) is 9.05. The maximum atomic E-state index is 11.6. The molecule has 2 aliphatic rings. The van der Waals surface area contributed by atoms with Gasteiger partial charge in [0.15, 0.2) is 0 Å². The first-order valence-electron chi connectivity index (χ1n) is 14.8. The molecule has 0 radical (unpaired) electrons. The van der Waals surface area contributed by atoms with Crippen LogP contribution in [0.2, 0.25) is 0 Å². The lowest BCUT2D eigenvalue weighted by Crippen LogP contribution is -2.16. The summed E-state index contributed by atoms with van der Waals surface area (Å²) in [6.07, 6.45) is 7.37. The summed E-state index contributed by atoms with van der Waals surface area (Å²) in [6, 6.07) is 22.6. The standard InChI is InChI=1S/C39H42O2/c1-9-28(23-34-26(4)30-15-10-11-16-33(30)38(34,5)6)29-18-20-32-31-19-17-27(14-12-13-21-41-37(40)25(2)3)22-35(31)39(7,8)36(32)24-29/h9-11,15-20,22-24H,2,4,12-14,21H2,1,3,5-8H3/b28-9+,34-23+. The van der Waals surface area contributed by atoms with E-state index in [-0.39, 0.29) is 16.8 Å². The summed E-state index contributed by atoms with van der Waals surface area (Å²) in [6.45, 7) is 21.7. The summed E-state index contributed by atoms with van der Waals surface area (Å²) >= 11 is 0. The van der Waals surface area contributed by atoms with Crippen LogP contribution in [0, 0.1) is 0 Å². The molecule has 41 heavy (non-hydrogen) atoms. The number of hydrogen-bond donors (Lipinski definition) is 0. The predicted octanol–water partition coefficient (Wildman–Crippen LogP) is 9.77. The summed E-state index contributed by atoms with van der Waals surface area (Å²) in [7, 11) is 0. The van der Waals surface area contributed by atoms with E-state index >= 15 is 0 Å². The normalized spacial score (nSPS) is 17.3. The van der Waals surface area contributed by atoms with Gasteiger partial charge in [0.25, 0.3) is 0 Å². The van der Waals surface area contributed by atoms with E-state index in [9.17, 15) is 4.79 Å². The van der Waals surface area contributed by atoms with Gasteiger partial charge in [0.1, 0.15) is 0 Å². The molecule has 3 aromatic carbocycles. The van der Waals surface area contributed by atoms with Gasteiger partial charge in [-0.1, -0.05) is 108 Å². The van der Waals surface area contributed by atoms with E-state index in [2.05, 4.69) is 121 Å². The Morgan fingerprint density at radius 3 is 2.22 bits per heavy atom. The monoisotopic (exact) mass is 542 g/mol. The van der Waals surface area contributed by atoms with E-state index in [0.29, 0.717) is 12.2 Å². The number of rotatable bonds is 8. The number of allylic oxidation sites excluding steroid dienone is 5. The second kappa shape index (κ2) is 10.8. The maximum absolute atomic E-state index is 11.6. The molecule has 2 nitrogen and oxygen atoms in total. The van der Waals surface area contributed by atoms with Crippen LogP contribution in [0.25, 0.3) is 22.3 Å². The van der Waals surface area contributed by atoms with E-state index in [1.807, 2.05) is 0 Å². The van der Waals surface area contributed by atoms with Gasteiger partial charge in [0.2, 0.25) is 0 Å². The summed E-state index contributed by atoms with van der Waals surface area (Å²) in [5, 5.41) is 0. The first kappa shape index (κ1) is 28.6. The smallest absolute Gasteiger partial charge is 0.333 e. The summed E-state index contributed by atoms with van der Waals surface area (Å²) in [5.74, 6) is -0.305. The fourth-order valence-electron chi connectivity index (χ4n) is 6.55. The van der Waals surface area contributed by atoms with Crippen molar-refractivity contribution in [3.05, 3.63) is 131 Å². The molecule has 0 bridgehead atoms. The number of hydrogen-bond acceptors (Lipinski definition) is 2. The summed E-state index contributed by atoms with van der Waals surface area (Å²) < 4.78 is 5.25. The molecule has 0 aromatic heterocycles. The average Bonchev–Trinajstić information content (AvgIpc) is 3.29. The molecule has 0 fully saturated rings. The van der Waals surface area contributed by atoms with Crippen molar-refractivity contribution < 1.29 is 9.53 Å². The van der Waals surface area contributed by atoms with Crippen LogP contribution < -0.4 is 0 Å². The van der Waals surface area contributed by atoms with Gasteiger partial charge in [-0.15, -0.1) is 0 Å². The Morgan fingerprint density at radius 1 is 0.854 bits per heavy atom. The van der Waals surface area contributed by atoms with Crippen molar-refractivity contribution in [2.24, 2.45) is 0 Å². The Morgan fingerprint density at radius 2 is 1.54 bits per heavy atom. The van der Waals surface area contributed by atoms with Gasteiger partial charge in [-0.3, -0.25) is 0 Å². The van der Waals surface area contributed by atoms with Crippen molar-refractivity contribution in [3.8, 4) is 11.1 Å². The first-order valence-corrected chi connectivity index (χ1v) is 14.8. The molecule has 0 aliphatic heterocycles. The fourth-order valence-corrected chi connectivity index (χ4v) is 6.55. The fraction of sp³-hybridized carbons (Fsp3) is 0.308. The summed E-state index contributed by atoms with van der Waals surface area (Å²) in [5.41, 5.74) is 14.5. The Hall–Kier alpha value is -3.91. The molecular weight excluding hydrogens is 500 g/mol. The van der Waals surface area contributed by atoms with Gasteiger partial charge in [-0.2, -0.15) is 0 Å². The van der Waals surface area contributed by atoms with Gasteiger partial charge in [0, 0.05) is 16.4 Å². The molecule has 210 valence electrons. The minimum Gasteiger partial charge on any atom is -0.462 e. The third kappa shape index (κ3) is 5.05. The van der Waals surface area contributed by atoms with Crippen LogP contribution in [0.15, 0.2) is 97.1 Å². The zero-order chi connectivity index (χ0) is 29.5. The van der Waals surface area contributed by atoms with Crippen LogP contribution in [-0.2, 0) is 26.8 Å². The van der Waals surface area contributed by atoms with E-state index in [0.717, 1.165) is 24.8 Å². The molecule has 0 N–H and O–H groups in total. The lowest BCUT2D eigenvalue weighted by atomic mass is 9.79. The van der Waals surface area contributed by atoms with Gasteiger partial charge in [-0.05, 0) is 100 Å². The van der Waals surface area contributed by atoms with E-state index in [4.69, 9.17) is 4.74 Å². The Kier molecular flexibility index (Phi) is 7.55. The van der Waals surface area contributed by atoms with Crippen molar-refractivity contribution in [2.45, 2.75) is 71.6 Å². The van der Waals surface area contributed by atoms with Crippen LogP contribution in [0.1, 0.15) is 87.8 Å². The molecular formula is C39H42O2. The van der Waals surface area contributed by atoms with Crippen molar-refractivity contribution in [1.29, 1.82) is 0 Å². The predicted molar refractivity (Wildman–Crippen MR) is 173 cm³/mol. The number of aryl methyl sites for hydroxylation is 1. The van der Waals surface area contributed by atoms with Crippen molar-refractivity contribution in [3.63, 3.8) is 0 Å². The zero-order valence-electron chi connectivity index (χ0n) is 25.5. The first-order chi connectivity index (χ1) is 19.5. The number of benzene rings is 3. The summed E-state index contributed by atoms with van der Waals surface area (Å²) in [4.78, 5) is 11.6. The molecule has 3 aromatic rings.